The van der Waals surface area contributed by atoms with Crippen LogP contribution in [0.1, 0.15) is 11.1 Å². The Morgan fingerprint density at radius 3 is 2.58 bits per heavy atom. The van der Waals surface area contributed by atoms with E-state index in [1.165, 1.54) is 12.1 Å². The summed E-state index contributed by atoms with van der Waals surface area (Å²) in [5, 5.41) is 3.04. The highest BCUT2D eigenvalue weighted by Gasteiger charge is 2.06. The average molecular weight is 278 g/mol. The number of para-hydroxylation sites is 1. The minimum absolute atomic E-state index is 0.228. The average Bonchev–Trinajstić information content (AvgIpc) is 2.38. The van der Waals surface area contributed by atoms with Crippen molar-refractivity contribution >= 4 is 22.9 Å². The molecular weight excluding hydrogens is 266 g/mol. The van der Waals surface area contributed by atoms with Crippen molar-refractivity contribution < 1.29 is 8.78 Å². The van der Waals surface area contributed by atoms with Gasteiger partial charge in [0.1, 0.15) is 16.6 Å². The van der Waals surface area contributed by atoms with E-state index in [1.807, 2.05) is 12.1 Å². The second-order valence-corrected chi connectivity index (χ2v) is 4.44. The van der Waals surface area contributed by atoms with E-state index in [4.69, 9.17) is 18.0 Å². The van der Waals surface area contributed by atoms with Crippen molar-refractivity contribution in [2.24, 2.45) is 5.73 Å². The highest BCUT2D eigenvalue weighted by atomic mass is 32.1. The van der Waals surface area contributed by atoms with E-state index in [1.54, 1.807) is 12.1 Å². The predicted octanol–water partition coefficient (Wildman–Crippen LogP) is 3.21. The van der Waals surface area contributed by atoms with Gasteiger partial charge < -0.3 is 11.1 Å². The van der Waals surface area contributed by atoms with Crippen LogP contribution in [0.25, 0.3) is 0 Å². The van der Waals surface area contributed by atoms with Gasteiger partial charge in [-0.25, -0.2) is 8.78 Å². The number of hydrogen-bond acceptors (Lipinski definition) is 2. The zero-order valence-corrected chi connectivity index (χ0v) is 10.8. The number of rotatable bonds is 4. The van der Waals surface area contributed by atoms with Crippen LogP contribution in [0.2, 0.25) is 0 Å². The maximum atomic E-state index is 13.5. The summed E-state index contributed by atoms with van der Waals surface area (Å²) in [6, 6.07) is 10.7. The van der Waals surface area contributed by atoms with Crippen LogP contribution in [0.4, 0.5) is 14.5 Å². The third-order valence-electron chi connectivity index (χ3n) is 2.68. The molecule has 0 fully saturated rings. The van der Waals surface area contributed by atoms with Gasteiger partial charge >= 0.3 is 0 Å². The minimum atomic E-state index is -0.593. The first-order chi connectivity index (χ1) is 9.08. The van der Waals surface area contributed by atoms with Gasteiger partial charge in [0.05, 0.1) is 0 Å². The van der Waals surface area contributed by atoms with E-state index in [0.717, 1.165) is 11.8 Å². The minimum Gasteiger partial charge on any atom is -0.389 e. The van der Waals surface area contributed by atoms with Crippen LogP contribution in [-0.4, -0.2) is 4.99 Å². The summed E-state index contributed by atoms with van der Waals surface area (Å²) < 4.78 is 26.3. The predicted molar refractivity (Wildman–Crippen MR) is 76.0 cm³/mol. The van der Waals surface area contributed by atoms with Crippen LogP contribution in [0.15, 0.2) is 42.5 Å². The summed E-state index contributed by atoms with van der Waals surface area (Å²) in [6.45, 7) is 0.228. The van der Waals surface area contributed by atoms with Crippen LogP contribution in [0.3, 0.4) is 0 Å². The molecule has 2 rings (SSSR count). The monoisotopic (exact) mass is 278 g/mol. The van der Waals surface area contributed by atoms with Gasteiger partial charge in [-0.05, 0) is 18.2 Å². The van der Waals surface area contributed by atoms with Crippen molar-refractivity contribution in [2.45, 2.75) is 6.54 Å². The molecule has 5 heteroatoms. The molecule has 0 radical (unpaired) electrons. The van der Waals surface area contributed by atoms with Gasteiger partial charge in [-0.1, -0.05) is 30.4 Å². The molecule has 2 aromatic rings. The Bertz CT molecular complexity index is 614. The van der Waals surface area contributed by atoms with Gasteiger partial charge in [0.25, 0.3) is 0 Å². The Balaban J connectivity index is 2.17. The van der Waals surface area contributed by atoms with Gasteiger partial charge in [0.2, 0.25) is 0 Å². The van der Waals surface area contributed by atoms with Crippen LogP contribution < -0.4 is 11.1 Å². The normalized spacial score (nSPS) is 10.2. The largest absolute Gasteiger partial charge is 0.389 e. The molecule has 0 bridgehead atoms. The molecule has 0 amide bonds. The molecule has 0 aliphatic rings. The van der Waals surface area contributed by atoms with Gasteiger partial charge in [0, 0.05) is 29.4 Å². The van der Waals surface area contributed by atoms with Crippen molar-refractivity contribution in [1.82, 2.24) is 0 Å². The summed E-state index contributed by atoms with van der Waals surface area (Å²) in [5.41, 5.74) is 7.39. The second kappa shape index (κ2) is 5.75. The van der Waals surface area contributed by atoms with Crippen LogP contribution >= 0.6 is 12.2 Å². The van der Waals surface area contributed by atoms with Crippen molar-refractivity contribution in [2.75, 3.05) is 5.32 Å². The van der Waals surface area contributed by atoms with Gasteiger partial charge in [-0.2, -0.15) is 0 Å². The standard InChI is InChI=1S/C14H12F2N2S/c15-10-6-5-9(12(16)7-10)8-18-13-4-2-1-3-11(13)14(17)19/h1-7,18H,8H2,(H2,17,19). The molecule has 2 nitrogen and oxygen atoms in total. The topological polar surface area (TPSA) is 38.0 Å². The van der Waals surface area contributed by atoms with Crippen molar-refractivity contribution in [1.29, 1.82) is 0 Å². The van der Waals surface area contributed by atoms with Crippen LogP contribution in [0, 0.1) is 11.6 Å². The maximum absolute atomic E-state index is 13.5. The Hall–Kier alpha value is -2.01. The number of benzene rings is 2. The Kier molecular flexibility index (Phi) is 4.06. The van der Waals surface area contributed by atoms with Gasteiger partial charge in [0.15, 0.2) is 0 Å². The first-order valence-electron chi connectivity index (χ1n) is 5.64. The SMILES string of the molecule is NC(=S)c1ccccc1NCc1ccc(F)cc1F. The quantitative estimate of drug-likeness (QED) is 0.843. The van der Waals surface area contributed by atoms with Crippen LogP contribution in [-0.2, 0) is 6.54 Å². The maximum Gasteiger partial charge on any atom is 0.131 e. The lowest BCUT2D eigenvalue weighted by atomic mass is 10.1. The molecule has 0 aromatic heterocycles. The molecule has 0 heterocycles. The number of nitrogens with two attached hydrogens (primary N) is 1. The molecule has 19 heavy (non-hydrogen) atoms. The second-order valence-electron chi connectivity index (χ2n) is 4.00. The van der Waals surface area contributed by atoms with E-state index in [-0.39, 0.29) is 11.5 Å². The Labute approximate surface area is 115 Å². The molecule has 3 N–H and O–H groups in total. The summed E-state index contributed by atoms with van der Waals surface area (Å²) in [6.07, 6.45) is 0. The lowest BCUT2D eigenvalue weighted by molar-refractivity contribution is 0.574. The third kappa shape index (κ3) is 3.26. The van der Waals surface area contributed by atoms with E-state index in [0.29, 0.717) is 11.1 Å². The zero-order valence-electron chi connectivity index (χ0n) is 9.99. The van der Waals surface area contributed by atoms with E-state index >= 15 is 0 Å². The number of nitrogens with one attached hydrogen (secondary N) is 1. The molecule has 2 aromatic carbocycles. The molecule has 0 atom stereocenters. The Morgan fingerprint density at radius 2 is 1.89 bits per heavy atom. The zero-order chi connectivity index (χ0) is 13.8. The molecule has 0 saturated heterocycles. The highest BCUT2D eigenvalue weighted by Crippen LogP contribution is 2.17. The summed E-state index contributed by atoms with van der Waals surface area (Å²) in [4.78, 5) is 0.266. The number of anilines is 1. The van der Waals surface area contributed by atoms with Gasteiger partial charge in [-0.3, -0.25) is 0 Å². The number of thiocarbonyl (C=S) groups is 1. The van der Waals surface area contributed by atoms with E-state index in [9.17, 15) is 8.78 Å². The molecular formula is C14H12F2N2S. The van der Waals surface area contributed by atoms with Gasteiger partial charge in [-0.15, -0.1) is 0 Å². The smallest absolute Gasteiger partial charge is 0.131 e. The molecule has 0 unspecified atom stereocenters. The molecule has 0 aliphatic carbocycles. The number of hydrogen-bond donors (Lipinski definition) is 2. The fourth-order valence-electron chi connectivity index (χ4n) is 1.71. The first-order valence-corrected chi connectivity index (χ1v) is 6.05. The van der Waals surface area contributed by atoms with E-state index < -0.39 is 11.6 Å². The lowest BCUT2D eigenvalue weighted by Crippen LogP contribution is -2.13. The third-order valence-corrected chi connectivity index (χ3v) is 2.90. The highest BCUT2D eigenvalue weighted by molar-refractivity contribution is 7.80. The summed E-state index contributed by atoms with van der Waals surface area (Å²) >= 11 is 4.94. The molecule has 0 aliphatic heterocycles. The summed E-state index contributed by atoms with van der Waals surface area (Å²) in [5.74, 6) is -1.18. The van der Waals surface area contributed by atoms with E-state index in [2.05, 4.69) is 5.32 Å². The summed E-state index contributed by atoms with van der Waals surface area (Å²) in [7, 11) is 0. The molecule has 0 saturated carbocycles. The molecule has 0 spiro atoms. The first kappa shape index (κ1) is 13.4. The fourth-order valence-corrected chi connectivity index (χ4v) is 1.89. The van der Waals surface area contributed by atoms with Crippen LogP contribution in [0.5, 0.6) is 0 Å². The number of halogens is 2. The van der Waals surface area contributed by atoms with Crippen molar-refractivity contribution in [3.05, 3.63) is 65.2 Å². The molecule has 98 valence electrons. The lowest BCUT2D eigenvalue weighted by Gasteiger charge is -2.11. The van der Waals surface area contributed by atoms with Crippen molar-refractivity contribution in [3.8, 4) is 0 Å². The fraction of sp³-hybridized carbons (Fsp3) is 0.0714. The van der Waals surface area contributed by atoms with Crippen molar-refractivity contribution in [3.63, 3.8) is 0 Å². The Morgan fingerprint density at radius 1 is 1.16 bits per heavy atom.